The Bertz CT molecular complexity index is 632. The van der Waals surface area contributed by atoms with Crippen molar-refractivity contribution in [2.45, 2.75) is 32.3 Å². The number of tetrazole rings is 1. The predicted octanol–water partition coefficient (Wildman–Crippen LogP) is 1.01. The molecule has 2 aromatic rings. The summed E-state index contributed by atoms with van der Waals surface area (Å²) >= 11 is 0. The fourth-order valence-corrected chi connectivity index (χ4v) is 3.37. The van der Waals surface area contributed by atoms with Crippen molar-refractivity contribution in [1.29, 1.82) is 0 Å². The van der Waals surface area contributed by atoms with E-state index in [1.54, 1.807) is 4.68 Å². The maximum absolute atomic E-state index is 10.6. The van der Waals surface area contributed by atoms with Crippen LogP contribution in [0.4, 0.5) is 5.95 Å². The molecule has 1 aromatic heterocycles. The van der Waals surface area contributed by atoms with Gasteiger partial charge in [0.05, 0.1) is 18.4 Å². The second-order valence-electron chi connectivity index (χ2n) is 6.21. The van der Waals surface area contributed by atoms with E-state index in [-0.39, 0.29) is 6.61 Å². The molecule has 7 heteroatoms. The Hall–Kier alpha value is -1.99. The van der Waals surface area contributed by atoms with Gasteiger partial charge in [-0.2, -0.15) is 4.68 Å². The van der Waals surface area contributed by atoms with Gasteiger partial charge in [0.15, 0.2) is 0 Å². The summed E-state index contributed by atoms with van der Waals surface area (Å²) < 4.78 is 1.68. The van der Waals surface area contributed by atoms with E-state index in [1.807, 2.05) is 35.2 Å². The Kier molecular flexibility index (Phi) is 4.58. The largest absolute Gasteiger partial charge is 0.396 e. The average Bonchev–Trinajstić information content (AvgIpc) is 3.07. The molecule has 0 unspecified atom stereocenters. The summed E-state index contributed by atoms with van der Waals surface area (Å²) in [6.07, 6.45) is 1.89. The Labute approximate surface area is 135 Å². The highest BCUT2D eigenvalue weighted by molar-refractivity contribution is 5.41. The van der Waals surface area contributed by atoms with Gasteiger partial charge in [0.25, 0.3) is 0 Å². The Morgan fingerprint density at radius 2 is 2.09 bits per heavy atom. The molecule has 1 saturated heterocycles. The first kappa shape index (κ1) is 15.9. The molecule has 0 amide bonds. The highest BCUT2D eigenvalue weighted by Gasteiger charge is 2.42. The SMILES string of the molecule is CCC[C@]1(CO)CCN(c2nnnn2-c2ccccc2)C[C@@H]1O. The number of aliphatic hydroxyl groups excluding tert-OH is 2. The van der Waals surface area contributed by atoms with Crippen LogP contribution >= 0.6 is 0 Å². The Morgan fingerprint density at radius 1 is 1.30 bits per heavy atom. The summed E-state index contributed by atoms with van der Waals surface area (Å²) in [7, 11) is 0. The van der Waals surface area contributed by atoms with E-state index in [9.17, 15) is 10.2 Å². The van der Waals surface area contributed by atoms with Crippen LogP contribution in [-0.4, -0.2) is 56.2 Å². The van der Waals surface area contributed by atoms with Crippen molar-refractivity contribution in [1.82, 2.24) is 20.2 Å². The number of anilines is 1. The van der Waals surface area contributed by atoms with Gasteiger partial charge in [0.2, 0.25) is 5.95 Å². The van der Waals surface area contributed by atoms with Crippen LogP contribution in [0.2, 0.25) is 0 Å². The van der Waals surface area contributed by atoms with Gasteiger partial charge >= 0.3 is 0 Å². The normalized spacial score (nSPS) is 24.8. The molecule has 2 atom stereocenters. The van der Waals surface area contributed by atoms with Gasteiger partial charge in [-0.15, -0.1) is 0 Å². The van der Waals surface area contributed by atoms with E-state index in [1.165, 1.54) is 0 Å². The molecule has 3 rings (SSSR count). The summed E-state index contributed by atoms with van der Waals surface area (Å²) in [6, 6.07) is 9.69. The third-order valence-electron chi connectivity index (χ3n) is 4.78. The van der Waals surface area contributed by atoms with E-state index < -0.39 is 11.5 Å². The number of rotatable bonds is 5. The molecule has 7 nitrogen and oxygen atoms in total. The average molecular weight is 317 g/mol. The second-order valence-corrected chi connectivity index (χ2v) is 6.21. The first-order valence-electron chi connectivity index (χ1n) is 8.08. The predicted molar refractivity (Wildman–Crippen MR) is 86.4 cm³/mol. The lowest BCUT2D eigenvalue weighted by Gasteiger charge is -2.44. The molecule has 1 fully saturated rings. The van der Waals surface area contributed by atoms with E-state index >= 15 is 0 Å². The summed E-state index contributed by atoms with van der Waals surface area (Å²) in [6.45, 7) is 3.23. The van der Waals surface area contributed by atoms with Crippen LogP contribution < -0.4 is 4.90 Å². The lowest BCUT2D eigenvalue weighted by Crippen LogP contribution is -2.53. The van der Waals surface area contributed by atoms with Crippen LogP contribution in [0.25, 0.3) is 5.69 Å². The molecule has 1 aliphatic rings. The van der Waals surface area contributed by atoms with Gasteiger partial charge in [-0.3, -0.25) is 0 Å². The molecule has 0 aliphatic carbocycles. The van der Waals surface area contributed by atoms with Crippen LogP contribution in [0.15, 0.2) is 30.3 Å². The van der Waals surface area contributed by atoms with Crippen LogP contribution in [0.5, 0.6) is 0 Å². The number of hydrogen-bond donors (Lipinski definition) is 2. The van der Waals surface area contributed by atoms with Crippen molar-refractivity contribution >= 4 is 5.95 Å². The minimum atomic E-state index is -0.595. The van der Waals surface area contributed by atoms with Crippen molar-refractivity contribution in [3.8, 4) is 5.69 Å². The summed E-state index contributed by atoms with van der Waals surface area (Å²) in [5, 5.41) is 32.3. The molecule has 1 aliphatic heterocycles. The van der Waals surface area contributed by atoms with E-state index in [2.05, 4.69) is 22.4 Å². The minimum Gasteiger partial charge on any atom is -0.396 e. The molecular formula is C16H23N5O2. The Morgan fingerprint density at radius 3 is 2.74 bits per heavy atom. The molecule has 23 heavy (non-hydrogen) atoms. The lowest BCUT2D eigenvalue weighted by atomic mass is 9.73. The first-order valence-corrected chi connectivity index (χ1v) is 8.08. The summed E-state index contributed by atoms with van der Waals surface area (Å²) in [5.74, 6) is 0.623. The van der Waals surface area contributed by atoms with Crippen molar-refractivity contribution in [2.75, 3.05) is 24.6 Å². The molecule has 124 valence electrons. The van der Waals surface area contributed by atoms with Gasteiger partial charge in [-0.25, -0.2) is 0 Å². The summed E-state index contributed by atoms with van der Waals surface area (Å²) in [4.78, 5) is 1.99. The highest BCUT2D eigenvalue weighted by atomic mass is 16.3. The zero-order chi connectivity index (χ0) is 16.3. The molecule has 2 N–H and O–H groups in total. The van der Waals surface area contributed by atoms with Gasteiger partial charge in [-0.05, 0) is 35.4 Å². The van der Waals surface area contributed by atoms with Crippen LogP contribution in [0.1, 0.15) is 26.2 Å². The van der Waals surface area contributed by atoms with E-state index in [4.69, 9.17) is 0 Å². The van der Waals surface area contributed by atoms with Gasteiger partial charge < -0.3 is 15.1 Å². The van der Waals surface area contributed by atoms with Crippen LogP contribution in [-0.2, 0) is 0 Å². The number of nitrogens with zero attached hydrogens (tertiary/aromatic N) is 5. The van der Waals surface area contributed by atoms with Crippen LogP contribution in [0.3, 0.4) is 0 Å². The fraction of sp³-hybridized carbons (Fsp3) is 0.562. The van der Waals surface area contributed by atoms with Crippen molar-refractivity contribution in [3.63, 3.8) is 0 Å². The zero-order valence-corrected chi connectivity index (χ0v) is 13.3. The maximum Gasteiger partial charge on any atom is 0.250 e. The topological polar surface area (TPSA) is 87.3 Å². The third-order valence-corrected chi connectivity index (χ3v) is 4.78. The maximum atomic E-state index is 10.6. The first-order chi connectivity index (χ1) is 11.2. The third kappa shape index (κ3) is 2.94. The second kappa shape index (κ2) is 6.64. The van der Waals surface area contributed by atoms with Gasteiger partial charge in [0.1, 0.15) is 0 Å². The lowest BCUT2D eigenvalue weighted by molar-refractivity contribution is -0.0374. The van der Waals surface area contributed by atoms with E-state index in [0.29, 0.717) is 19.0 Å². The zero-order valence-electron chi connectivity index (χ0n) is 13.3. The van der Waals surface area contributed by atoms with Crippen LogP contribution in [0, 0.1) is 5.41 Å². The number of aromatic nitrogens is 4. The number of benzene rings is 1. The van der Waals surface area contributed by atoms with Crippen molar-refractivity contribution < 1.29 is 10.2 Å². The molecule has 0 spiro atoms. The van der Waals surface area contributed by atoms with E-state index in [0.717, 1.165) is 24.9 Å². The fourth-order valence-electron chi connectivity index (χ4n) is 3.37. The number of aliphatic hydroxyl groups is 2. The summed E-state index contributed by atoms with van der Waals surface area (Å²) in [5.41, 5.74) is 0.477. The molecule has 0 bridgehead atoms. The minimum absolute atomic E-state index is 0.0134. The Balaban J connectivity index is 1.82. The van der Waals surface area contributed by atoms with Gasteiger partial charge in [-0.1, -0.05) is 36.6 Å². The smallest absolute Gasteiger partial charge is 0.250 e. The molecule has 0 radical (unpaired) electrons. The van der Waals surface area contributed by atoms with Crippen molar-refractivity contribution in [3.05, 3.63) is 30.3 Å². The number of β-amino-alcohol motifs (C(OH)–C–C–N with tert-alkyl or cyclic N) is 1. The number of para-hydroxylation sites is 1. The molecule has 0 saturated carbocycles. The molecular weight excluding hydrogens is 294 g/mol. The quantitative estimate of drug-likeness (QED) is 0.856. The standard InChI is InChI=1S/C16H23N5O2/c1-2-8-16(12-22)9-10-20(11-14(16)23)15-17-18-19-21(15)13-6-4-3-5-7-13/h3-7,14,22-23H,2,8-12H2,1H3/t14-,16+/m0/s1. The number of piperidine rings is 1. The highest BCUT2D eigenvalue weighted by Crippen LogP contribution is 2.37. The monoisotopic (exact) mass is 317 g/mol. The molecule has 1 aromatic carbocycles. The molecule has 2 heterocycles. The van der Waals surface area contributed by atoms with Crippen molar-refractivity contribution in [2.24, 2.45) is 5.41 Å². The van der Waals surface area contributed by atoms with Gasteiger partial charge in [0, 0.05) is 18.5 Å². The number of hydrogen-bond acceptors (Lipinski definition) is 6.